The molecule has 0 atom stereocenters. The summed E-state index contributed by atoms with van der Waals surface area (Å²) >= 11 is 0. The number of hydrazone groups is 1. The second kappa shape index (κ2) is 3.08. The summed E-state index contributed by atoms with van der Waals surface area (Å²) in [6.07, 6.45) is 5.11. The molecule has 68 valence electrons. The van der Waals surface area contributed by atoms with Crippen LogP contribution in [0.3, 0.4) is 0 Å². The van der Waals surface area contributed by atoms with Gasteiger partial charge in [0, 0.05) is 11.8 Å². The first-order valence-electron chi connectivity index (χ1n) is 5.06. The quantitative estimate of drug-likeness (QED) is 0.638. The third kappa shape index (κ3) is 1.79. The monoisotopic (exact) mass is 166 g/mol. The first kappa shape index (κ1) is 8.09. The Balaban J connectivity index is 1.68. The molecule has 0 amide bonds. The third-order valence-electron chi connectivity index (χ3n) is 2.92. The average molecular weight is 166 g/mol. The van der Waals surface area contributed by atoms with Crippen LogP contribution in [0.1, 0.15) is 39.5 Å². The fourth-order valence-corrected chi connectivity index (χ4v) is 1.50. The van der Waals surface area contributed by atoms with E-state index in [1.807, 2.05) is 0 Å². The van der Waals surface area contributed by atoms with Gasteiger partial charge in [-0.1, -0.05) is 13.8 Å². The van der Waals surface area contributed by atoms with Crippen LogP contribution in [0.25, 0.3) is 0 Å². The molecule has 0 heterocycles. The predicted molar refractivity (Wildman–Crippen MR) is 51.2 cm³/mol. The smallest absolute Gasteiger partial charge is 0.0441 e. The Kier molecular flexibility index (Phi) is 2.07. The molecule has 0 bridgehead atoms. The van der Waals surface area contributed by atoms with Crippen molar-refractivity contribution in [2.45, 2.75) is 45.6 Å². The molecular formula is C10H18N2. The van der Waals surface area contributed by atoms with Crippen molar-refractivity contribution in [2.24, 2.45) is 16.9 Å². The van der Waals surface area contributed by atoms with Gasteiger partial charge in [-0.05, 0) is 37.5 Å². The van der Waals surface area contributed by atoms with Gasteiger partial charge in [-0.15, -0.1) is 0 Å². The summed E-state index contributed by atoms with van der Waals surface area (Å²) in [7, 11) is 0. The molecule has 0 radical (unpaired) electrons. The van der Waals surface area contributed by atoms with Gasteiger partial charge >= 0.3 is 0 Å². The zero-order valence-electron chi connectivity index (χ0n) is 8.01. The summed E-state index contributed by atoms with van der Waals surface area (Å²) in [4.78, 5) is 0. The summed E-state index contributed by atoms with van der Waals surface area (Å²) in [6.45, 7) is 4.60. The average Bonchev–Trinajstić information content (AvgIpc) is 2.66. The molecule has 2 fully saturated rings. The van der Waals surface area contributed by atoms with E-state index in [4.69, 9.17) is 0 Å². The maximum atomic E-state index is 4.39. The first-order valence-corrected chi connectivity index (χ1v) is 5.06. The third-order valence-corrected chi connectivity index (χ3v) is 2.92. The molecule has 0 spiro atoms. The molecule has 12 heavy (non-hydrogen) atoms. The van der Waals surface area contributed by atoms with Gasteiger partial charge in [0.2, 0.25) is 0 Å². The van der Waals surface area contributed by atoms with Crippen molar-refractivity contribution in [3.8, 4) is 0 Å². The van der Waals surface area contributed by atoms with E-state index in [9.17, 15) is 0 Å². The van der Waals surface area contributed by atoms with Crippen LogP contribution in [-0.2, 0) is 0 Å². The van der Waals surface area contributed by atoms with Crippen LogP contribution in [0, 0.1) is 11.8 Å². The van der Waals surface area contributed by atoms with E-state index in [0.717, 1.165) is 17.9 Å². The van der Waals surface area contributed by atoms with E-state index in [-0.39, 0.29) is 0 Å². The van der Waals surface area contributed by atoms with Crippen molar-refractivity contribution >= 4 is 5.71 Å². The first-order chi connectivity index (χ1) is 5.75. The topological polar surface area (TPSA) is 24.4 Å². The van der Waals surface area contributed by atoms with Crippen LogP contribution in [0.2, 0.25) is 0 Å². The van der Waals surface area contributed by atoms with Crippen molar-refractivity contribution < 1.29 is 0 Å². The van der Waals surface area contributed by atoms with Gasteiger partial charge in [0.15, 0.2) is 0 Å². The van der Waals surface area contributed by atoms with Gasteiger partial charge in [-0.25, -0.2) is 0 Å². The Labute approximate surface area is 74.4 Å². The molecule has 2 aliphatic rings. The van der Waals surface area contributed by atoms with E-state index >= 15 is 0 Å². The number of hydrogen-bond donors (Lipinski definition) is 1. The zero-order valence-corrected chi connectivity index (χ0v) is 8.01. The second-order valence-electron chi connectivity index (χ2n) is 4.49. The number of nitrogens with one attached hydrogen (secondary N) is 1. The fourth-order valence-electron chi connectivity index (χ4n) is 1.50. The normalized spacial score (nSPS) is 28.6. The van der Waals surface area contributed by atoms with Gasteiger partial charge in [0.25, 0.3) is 0 Å². The molecule has 0 aromatic rings. The lowest BCUT2D eigenvalue weighted by atomic mass is 9.76. The molecule has 2 aliphatic carbocycles. The lowest BCUT2D eigenvalue weighted by molar-refractivity contribution is 0.361. The van der Waals surface area contributed by atoms with Crippen LogP contribution >= 0.6 is 0 Å². The lowest BCUT2D eigenvalue weighted by Crippen LogP contribution is -2.29. The number of hydrogen-bond acceptors (Lipinski definition) is 2. The van der Waals surface area contributed by atoms with Gasteiger partial charge in [0.05, 0.1) is 0 Å². The predicted octanol–water partition coefficient (Wildman–Crippen LogP) is 2.16. The molecule has 1 N–H and O–H groups in total. The van der Waals surface area contributed by atoms with Gasteiger partial charge in [-0.3, -0.25) is 0 Å². The standard InChI is InChI=1S/C10H18N2/c1-7(2)8-5-10(6-8)12-11-9-3-4-9/h7-9,11H,3-6H2,1-2H3. The molecular weight excluding hydrogens is 148 g/mol. The van der Waals surface area contributed by atoms with Gasteiger partial charge in [-0.2, -0.15) is 5.10 Å². The van der Waals surface area contributed by atoms with E-state index in [1.54, 1.807) is 0 Å². The summed E-state index contributed by atoms with van der Waals surface area (Å²) in [5.41, 5.74) is 4.60. The largest absolute Gasteiger partial charge is 0.307 e. The minimum atomic E-state index is 0.718. The molecule has 0 aliphatic heterocycles. The zero-order chi connectivity index (χ0) is 8.55. The minimum Gasteiger partial charge on any atom is -0.307 e. The Morgan fingerprint density at radius 1 is 1.33 bits per heavy atom. The van der Waals surface area contributed by atoms with Crippen LogP contribution in [0.5, 0.6) is 0 Å². The highest BCUT2D eigenvalue weighted by Crippen LogP contribution is 2.31. The van der Waals surface area contributed by atoms with E-state index in [0.29, 0.717) is 0 Å². The summed E-state index contributed by atoms with van der Waals surface area (Å²) in [5.74, 6) is 1.75. The van der Waals surface area contributed by atoms with E-state index in [1.165, 1.54) is 31.4 Å². The second-order valence-corrected chi connectivity index (χ2v) is 4.49. The molecule has 0 saturated heterocycles. The van der Waals surface area contributed by atoms with Crippen molar-refractivity contribution in [3.63, 3.8) is 0 Å². The fraction of sp³-hybridized carbons (Fsp3) is 0.900. The molecule has 2 heteroatoms. The van der Waals surface area contributed by atoms with Crippen LogP contribution in [0.4, 0.5) is 0 Å². The van der Waals surface area contributed by atoms with Crippen LogP contribution in [-0.4, -0.2) is 11.8 Å². The summed E-state index contributed by atoms with van der Waals surface area (Å²) in [6, 6.07) is 0.718. The van der Waals surface area contributed by atoms with Crippen LogP contribution < -0.4 is 5.43 Å². The molecule has 2 rings (SSSR count). The Bertz CT molecular complexity index is 184. The highest BCUT2D eigenvalue weighted by molar-refractivity contribution is 5.89. The van der Waals surface area contributed by atoms with E-state index in [2.05, 4.69) is 24.4 Å². The van der Waals surface area contributed by atoms with Crippen LogP contribution in [0.15, 0.2) is 5.10 Å². The van der Waals surface area contributed by atoms with Gasteiger partial charge in [0.1, 0.15) is 0 Å². The molecule has 0 unspecified atom stereocenters. The van der Waals surface area contributed by atoms with Crippen molar-refractivity contribution in [1.82, 2.24) is 5.43 Å². The van der Waals surface area contributed by atoms with Crippen molar-refractivity contribution in [3.05, 3.63) is 0 Å². The molecule has 0 aromatic carbocycles. The SMILES string of the molecule is CC(C)C1CC(=NNC2CC2)C1. The highest BCUT2D eigenvalue weighted by Gasteiger charge is 2.28. The minimum absolute atomic E-state index is 0.718. The highest BCUT2D eigenvalue weighted by atomic mass is 15.3. The lowest BCUT2D eigenvalue weighted by Gasteiger charge is -2.30. The van der Waals surface area contributed by atoms with Gasteiger partial charge < -0.3 is 5.43 Å². The number of rotatable bonds is 3. The number of nitrogens with zero attached hydrogens (tertiary/aromatic N) is 1. The maximum absolute atomic E-state index is 4.39. The molecule has 0 aromatic heterocycles. The molecule has 2 nitrogen and oxygen atoms in total. The van der Waals surface area contributed by atoms with Crippen molar-refractivity contribution in [1.29, 1.82) is 0 Å². The Morgan fingerprint density at radius 2 is 2.00 bits per heavy atom. The van der Waals surface area contributed by atoms with Crippen molar-refractivity contribution in [2.75, 3.05) is 0 Å². The maximum Gasteiger partial charge on any atom is 0.0441 e. The summed E-state index contributed by atoms with van der Waals surface area (Å²) in [5, 5.41) is 4.39. The van der Waals surface area contributed by atoms with E-state index < -0.39 is 0 Å². The summed E-state index contributed by atoms with van der Waals surface area (Å²) < 4.78 is 0. The Morgan fingerprint density at radius 3 is 2.50 bits per heavy atom. The Hall–Kier alpha value is -0.530. The molecule has 2 saturated carbocycles.